The van der Waals surface area contributed by atoms with Crippen molar-refractivity contribution in [2.24, 2.45) is 0 Å². The van der Waals surface area contributed by atoms with E-state index in [9.17, 15) is 4.79 Å². The van der Waals surface area contributed by atoms with Crippen molar-refractivity contribution in [1.29, 1.82) is 0 Å². The third-order valence-corrected chi connectivity index (χ3v) is 1.15. The van der Waals surface area contributed by atoms with E-state index in [-0.39, 0.29) is 11.6 Å². The lowest BCUT2D eigenvalue weighted by Gasteiger charge is -1.97. The van der Waals surface area contributed by atoms with Crippen LogP contribution in [0.3, 0.4) is 0 Å². The average molecular weight is 144 g/mol. The van der Waals surface area contributed by atoms with Gasteiger partial charge >= 0.3 is 5.69 Å². The molecule has 4 N–H and O–H groups in total. The predicted octanol–water partition coefficient (Wildman–Crippen LogP) is -0.538. The van der Waals surface area contributed by atoms with Crippen molar-refractivity contribution in [3.05, 3.63) is 16.2 Å². The van der Waals surface area contributed by atoms with E-state index < -0.39 is 11.8 Å². The Labute approximate surface area is 56.3 Å². The van der Waals surface area contributed by atoms with Crippen molar-refractivity contribution in [2.75, 3.05) is 0 Å². The molecule has 0 radical (unpaired) electrons. The Bertz CT molecular complexity index is 273. The molecule has 10 heavy (non-hydrogen) atoms. The third-order valence-electron chi connectivity index (χ3n) is 1.15. The second-order valence-electron chi connectivity index (χ2n) is 2.02. The summed E-state index contributed by atoms with van der Waals surface area (Å²) in [5.74, 6) is -0.306. The Morgan fingerprint density at radius 1 is 1.50 bits per heavy atom. The molecule has 0 aromatic carbocycles. The molecule has 5 nitrogen and oxygen atoms in total. The Morgan fingerprint density at radius 2 is 2.10 bits per heavy atom. The van der Waals surface area contributed by atoms with E-state index in [4.69, 9.17) is 10.2 Å². The summed E-state index contributed by atoms with van der Waals surface area (Å²) in [4.78, 5) is 14.7. The topological polar surface area (TPSA) is 89.1 Å². The highest BCUT2D eigenvalue weighted by molar-refractivity contribution is 5.17. The number of hydrogen-bond acceptors (Lipinski definition) is 3. The number of aromatic amines is 2. The van der Waals surface area contributed by atoms with Crippen molar-refractivity contribution in [3.8, 4) is 5.88 Å². The fourth-order valence-corrected chi connectivity index (χ4v) is 0.690. The zero-order valence-electron chi connectivity index (χ0n) is 5.38. The van der Waals surface area contributed by atoms with Gasteiger partial charge in [-0.25, -0.2) is 4.79 Å². The summed E-state index contributed by atoms with van der Waals surface area (Å²) in [6.07, 6.45) is -0.862. The highest BCUT2D eigenvalue weighted by atomic mass is 16.3. The first-order valence-electron chi connectivity index (χ1n) is 2.80. The number of H-pyrrole nitrogens is 2. The Kier molecular flexibility index (Phi) is 1.50. The minimum absolute atomic E-state index is 0.116. The standard InChI is InChI=1S/C5H8N2O3/c1-2(8)3-4(9)7-5(10)6-3/h2,8-9H,1H3,(H2,6,7,10). The lowest BCUT2D eigenvalue weighted by Crippen LogP contribution is -2.02. The molecular weight excluding hydrogens is 136 g/mol. The lowest BCUT2D eigenvalue weighted by atomic mass is 10.3. The summed E-state index contributed by atoms with van der Waals surface area (Å²) < 4.78 is 0. The van der Waals surface area contributed by atoms with Crippen molar-refractivity contribution >= 4 is 0 Å². The van der Waals surface area contributed by atoms with Gasteiger partial charge in [-0.2, -0.15) is 0 Å². The van der Waals surface area contributed by atoms with Crippen LogP contribution in [0.15, 0.2) is 4.79 Å². The number of aliphatic hydroxyl groups is 1. The molecule has 5 heteroatoms. The summed E-state index contributed by atoms with van der Waals surface area (Å²) in [5, 5.41) is 17.7. The van der Waals surface area contributed by atoms with Crippen LogP contribution in [0.1, 0.15) is 18.7 Å². The fourth-order valence-electron chi connectivity index (χ4n) is 0.690. The van der Waals surface area contributed by atoms with Gasteiger partial charge in [0.15, 0.2) is 0 Å². The molecule has 1 aromatic rings. The van der Waals surface area contributed by atoms with Gasteiger partial charge in [0, 0.05) is 0 Å². The summed E-state index contributed by atoms with van der Waals surface area (Å²) in [7, 11) is 0. The summed E-state index contributed by atoms with van der Waals surface area (Å²) in [6, 6.07) is 0. The van der Waals surface area contributed by atoms with Crippen molar-refractivity contribution < 1.29 is 10.2 Å². The van der Waals surface area contributed by atoms with E-state index in [2.05, 4.69) is 9.97 Å². The van der Waals surface area contributed by atoms with Gasteiger partial charge in [-0.05, 0) is 6.92 Å². The van der Waals surface area contributed by atoms with Crippen LogP contribution in [0.4, 0.5) is 0 Å². The van der Waals surface area contributed by atoms with Gasteiger partial charge in [-0.3, -0.25) is 4.98 Å². The molecule has 0 saturated heterocycles. The Balaban J connectivity index is 3.15. The maximum Gasteiger partial charge on any atom is 0.326 e. The van der Waals surface area contributed by atoms with E-state index in [1.54, 1.807) is 0 Å². The molecule has 0 aliphatic heterocycles. The Hall–Kier alpha value is -1.23. The Morgan fingerprint density at radius 3 is 2.30 bits per heavy atom. The van der Waals surface area contributed by atoms with E-state index in [0.29, 0.717) is 0 Å². The van der Waals surface area contributed by atoms with Crippen LogP contribution in [-0.2, 0) is 0 Å². The molecule has 0 spiro atoms. The molecule has 0 fully saturated rings. The van der Waals surface area contributed by atoms with Crippen molar-refractivity contribution in [3.63, 3.8) is 0 Å². The predicted molar refractivity (Wildman–Crippen MR) is 33.7 cm³/mol. The first-order valence-corrected chi connectivity index (χ1v) is 2.80. The van der Waals surface area contributed by atoms with Crippen LogP contribution in [0.25, 0.3) is 0 Å². The van der Waals surface area contributed by atoms with Gasteiger partial charge in [0.25, 0.3) is 0 Å². The second-order valence-corrected chi connectivity index (χ2v) is 2.02. The number of imidazole rings is 1. The molecule has 1 rings (SSSR count). The molecule has 0 aliphatic rings. The van der Waals surface area contributed by atoms with Crippen molar-refractivity contribution in [1.82, 2.24) is 9.97 Å². The number of aromatic hydroxyl groups is 1. The quantitative estimate of drug-likeness (QED) is 0.427. The van der Waals surface area contributed by atoms with E-state index in [1.807, 2.05) is 0 Å². The van der Waals surface area contributed by atoms with Crippen LogP contribution in [0, 0.1) is 0 Å². The van der Waals surface area contributed by atoms with Crippen LogP contribution in [0.2, 0.25) is 0 Å². The zero-order chi connectivity index (χ0) is 7.72. The number of hydrogen-bond donors (Lipinski definition) is 4. The van der Waals surface area contributed by atoms with Crippen LogP contribution >= 0.6 is 0 Å². The van der Waals surface area contributed by atoms with Crippen LogP contribution < -0.4 is 5.69 Å². The fraction of sp³-hybridized carbons (Fsp3) is 0.400. The molecule has 0 bridgehead atoms. The van der Waals surface area contributed by atoms with Crippen molar-refractivity contribution in [2.45, 2.75) is 13.0 Å². The largest absolute Gasteiger partial charge is 0.493 e. The lowest BCUT2D eigenvalue weighted by molar-refractivity contribution is 0.190. The number of aromatic nitrogens is 2. The first kappa shape index (κ1) is 6.88. The maximum absolute atomic E-state index is 10.4. The van der Waals surface area contributed by atoms with Crippen LogP contribution in [0.5, 0.6) is 5.88 Å². The molecule has 0 amide bonds. The molecular formula is C5H8N2O3. The number of aliphatic hydroxyl groups excluding tert-OH is 1. The minimum Gasteiger partial charge on any atom is -0.493 e. The molecule has 0 aliphatic carbocycles. The SMILES string of the molecule is CC(O)c1[nH]c(=O)[nH]c1O. The first-order chi connectivity index (χ1) is 4.61. The zero-order valence-corrected chi connectivity index (χ0v) is 5.38. The van der Waals surface area contributed by atoms with Crippen LogP contribution in [-0.4, -0.2) is 20.2 Å². The average Bonchev–Trinajstić information content (AvgIpc) is 2.10. The van der Waals surface area contributed by atoms with E-state index >= 15 is 0 Å². The molecule has 0 saturated carbocycles. The monoisotopic (exact) mass is 144 g/mol. The number of nitrogens with one attached hydrogen (secondary N) is 2. The summed E-state index contributed by atoms with van der Waals surface area (Å²) in [5.41, 5.74) is -0.404. The normalized spacial score (nSPS) is 13.4. The summed E-state index contributed by atoms with van der Waals surface area (Å²) >= 11 is 0. The van der Waals surface area contributed by atoms with Gasteiger partial charge in [-0.15, -0.1) is 0 Å². The van der Waals surface area contributed by atoms with Gasteiger partial charge in [0.2, 0.25) is 5.88 Å². The van der Waals surface area contributed by atoms with E-state index in [0.717, 1.165) is 0 Å². The molecule has 1 heterocycles. The smallest absolute Gasteiger partial charge is 0.326 e. The van der Waals surface area contributed by atoms with Gasteiger partial charge in [0.1, 0.15) is 5.69 Å². The molecule has 1 unspecified atom stereocenters. The third kappa shape index (κ3) is 1.03. The second kappa shape index (κ2) is 2.18. The maximum atomic E-state index is 10.4. The van der Waals surface area contributed by atoms with Gasteiger partial charge < -0.3 is 15.2 Å². The van der Waals surface area contributed by atoms with E-state index in [1.165, 1.54) is 6.92 Å². The highest BCUT2D eigenvalue weighted by Crippen LogP contribution is 2.15. The molecule has 56 valence electrons. The molecule has 1 atom stereocenters. The number of rotatable bonds is 1. The van der Waals surface area contributed by atoms with Gasteiger partial charge in [-0.1, -0.05) is 0 Å². The van der Waals surface area contributed by atoms with Gasteiger partial charge in [0.05, 0.1) is 6.10 Å². The highest BCUT2D eigenvalue weighted by Gasteiger charge is 2.09. The summed E-state index contributed by atoms with van der Waals surface area (Å²) in [6.45, 7) is 1.44. The molecule has 1 aromatic heterocycles. The minimum atomic E-state index is -0.862.